The third-order valence-electron chi connectivity index (χ3n) is 3.13. The second kappa shape index (κ2) is 5.59. The number of hydrogen-bond donors (Lipinski definition) is 1. The molecule has 1 amide bonds. The zero-order valence-electron chi connectivity index (χ0n) is 10.2. The van der Waals surface area contributed by atoms with Crippen molar-refractivity contribution in [3.05, 3.63) is 28.8 Å². The first-order chi connectivity index (χ1) is 8.63. The maximum absolute atomic E-state index is 11.9. The van der Waals surface area contributed by atoms with Gasteiger partial charge < -0.3 is 9.84 Å². The normalized spacial score (nSPS) is 19.8. The molecular formula is C13H16ClNO3. The van der Waals surface area contributed by atoms with E-state index < -0.39 is 0 Å². The number of halogens is 1. The minimum atomic E-state index is -0.370. The van der Waals surface area contributed by atoms with Crippen LogP contribution in [-0.4, -0.2) is 30.5 Å². The third-order valence-corrected chi connectivity index (χ3v) is 3.37. The molecule has 0 aromatic heterocycles. The molecule has 0 aliphatic carbocycles. The van der Waals surface area contributed by atoms with Crippen LogP contribution in [0.25, 0.3) is 0 Å². The van der Waals surface area contributed by atoms with Crippen molar-refractivity contribution in [1.82, 2.24) is 0 Å². The summed E-state index contributed by atoms with van der Waals surface area (Å²) in [7, 11) is 0. The summed E-state index contributed by atoms with van der Waals surface area (Å²) in [6.07, 6.45) is 0.893. The van der Waals surface area contributed by atoms with Crippen LogP contribution in [0.15, 0.2) is 18.2 Å². The molecule has 1 N–H and O–H groups in total. The maximum atomic E-state index is 11.9. The fourth-order valence-corrected chi connectivity index (χ4v) is 2.36. The molecule has 1 fully saturated rings. The SMILES string of the molecule is Cc1ccc(Cl)cc1N1C(=O)OCCC1CCO. The molecule has 1 aliphatic heterocycles. The average Bonchev–Trinajstić information content (AvgIpc) is 2.34. The van der Waals surface area contributed by atoms with Gasteiger partial charge in [0, 0.05) is 24.1 Å². The predicted octanol–water partition coefficient (Wildman–Crippen LogP) is 2.75. The van der Waals surface area contributed by atoms with E-state index in [9.17, 15) is 4.79 Å². The molecule has 1 unspecified atom stereocenters. The van der Waals surface area contributed by atoms with E-state index in [1.54, 1.807) is 17.0 Å². The lowest BCUT2D eigenvalue weighted by Crippen LogP contribution is -2.46. The molecule has 0 bridgehead atoms. The van der Waals surface area contributed by atoms with Crippen LogP contribution in [0.5, 0.6) is 0 Å². The van der Waals surface area contributed by atoms with E-state index in [-0.39, 0.29) is 18.7 Å². The molecular weight excluding hydrogens is 254 g/mol. The number of hydrogen-bond acceptors (Lipinski definition) is 3. The maximum Gasteiger partial charge on any atom is 0.414 e. The van der Waals surface area contributed by atoms with Crippen molar-refractivity contribution in [2.24, 2.45) is 0 Å². The number of ether oxygens (including phenoxy) is 1. The lowest BCUT2D eigenvalue weighted by atomic mass is 10.1. The first-order valence-corrected chi connectivity index (χ1v) is 6.34. The number of anilines is 1. The van der Waals surface area contributed by atoms with Gasteiger partial charge in [0.05, 0.1) is 12.3 Å². The zero-order valence-corrected chi connectivity index (χ0v) is 11.0. The Morgan fingerprint density at radius 2 is 2.33 bits per heavy atom. The van der Waals surface area contributed by atoms with Gasteiger partial charge in [-0.05, 0) is 31.0 Å². The average molecular weight is 270 g/mol. The number of cyclic esters (lactones) is 1. The van der Waals surface area contributed by atoms with Crippen molar-refractivity contribution in [3.63, 3.8) is 0 Å². The van der Waals surface area contributed by atoms with E-state index in [4.69, 9.17) is 21.4 Å². The second-order valence-electron chi connectivity index (χ2n) is 4.37. The van der Waals surface area contributed by atoms with Gasteiger partial charge in [-0.1, -0.05) is 17.7 Å². The Balaban J connectivity index is 2.36. The molecule has 0 radical (unpaired) electrons. The minimum Gasteiger partial charge on any atom is -0.449 e. The Hall–Kier alpha value is -1.26. The Bertz CT molecular complexity index is 448. The zero-order chi connectivity index (χ0) is 13.1. The van der Waals surface area contributed by atoms with E-state index >= 15 is 0 Å². The van der Waals surface area contributed by atoms with Crippen molar-refractivity contribution in [2.45, 2.75) is 25.8 Å². The van der Waals surface area contributed by atoms with Crippen LogP contribution in [0, 0.1) is 6.92 Å². The fraction of sp³-hybridized carbons (Fsp3) is 0.462. The van der Waals surface area contributed by atoms with E-state index in [1.165, 1.54) is 0 Å². The van der Waals surface area contributed by atoms with Gasteiger partial charge in [0.1, 0.15) is 0 Å². The van der Waals surface area contributed by atoms with Crippen molar-refractivity contribution in [3.8, 4) is 0 Å². The number of nitrogens with zero attached hydrogens (tertiary/aromatic N) is 1. The van der Waals surface area contributed by atoms with Gasteiger partial charge in [-0.15, -0.1) is 0 Å². The van der Waals surface area contributed by atoms with Crippen LogP contribution in [0.2, 0.25) is 5.02 Å². The number of aryl methyl sites for hydroxylation is 1. The lowest BCUT2D eigenvalue weighted by molar-refractivity contribution is 0.124. The Labute approximate surface area is 111 Å². The molecule has 0 saturated carbocycles. The fourth-order valence-electron chi connectivity index (χ4n) is 2.19. The minimum absolute atomic E-state index is 0.0339. The monoisotopic (exact) mass is 269 g/mol. The number of aliphatic hydroxyl groups excluding tert-OH is 1. The first-order valence-electron chi connectivity index (χ1n) is 5.96. The van der Waals surface area contributed by atoms with Gasteiger partial charge >= 0.3 is 6.09 Å². The number of aliphatic hydroxyl groups is 1. The van der Waals surface area contributed by atoms with E-state index in [2.05, 4.69) is 0 Å². The van der Waals surface area contributed by atoms with Gasteiger partial charge in [-0.25, -0.2) is 4.79 Å². The van der Waals surface area contributed by atoms with E-state index in [1.807, 2.05) is 13.0 Å². The van der Waals surface area contributed by atoms with Crippen molar-refractivity contribution in [1.29, 1.82) is 0 Å². The molecule has 1 heterocycles. The molecule has 1 aromatic carbocycles. The Morgan fingerprint density at radius 3 is 3.06 bits per heavy atom. The standard InChI is InChI=1S/C13H16ClNO3/c1-9-2-3-10(14)8-12(9)15-11(4-6-16)5-7-18-13(15)17/h2-3,8,11,16H,4-7H2,1H3. The second-order valence-corrected chi connectivity index (χ2v) is 4.81. The number of carbonyl (C=O) groups is 1. The van der Waals surface area contributed by atoms with Crippen LogP contribution in [0.1, 0.15) is 18.4 Å². The highest BCUT2D eigenvalue weighted by Crippen LogP contribution is 2.30. The lowest BCUT2D eigenvalue weighted by Gasteiger charge is -2.35. The molecule has 4 nitrogen and oxygen atoms in total. The highest BCUT2D eigenvalue weighted by molar-refractivity contribution is 6.31. The molecule has 5 heteroatoms. The molecule has 98 valence electrons. The molecule has 1 aromatic rings. The summed E-state index contributed by atoms with van der Waals surface area (Å²) in [5.74, 6) is 0. The summed E-state index contributed by atoms with van der Waals surface area (Å²) in [5, 5.41) is 9.67. The van der Waals surface area contributed by atoms with Gasteiger partial charge in [-0.2, -0.15) is 0 Å². The van der Waals surface area contributed by atoms with Crippen LogP contribution >= 0.6 is 11.6 Å². The van der Waals surface area contributed by atoms with Gasteiger partial charge in [0.25, 0.3) is 0 Å². The summed E-state index contributed by atoms with van der Waals surface area (Å²) in [6, 6.07) is 5.38. The van der Waals surface area contributed by atoms with Crippen LogP contribution in [-0.2, 0) is 4.74 Å². The highest BCUT2D eigenvalue weighted by Gasteiger charge is 2.31. The quantitative estimate of drug-likeness (QED) is 0.918. The molecule has 18 heavy (non-hydrogen) atoms. The number of benzene rings is 1. The van der Waals surface area contributed by atoms with Crippen molar-refractivity contribution in [2.75, 3.05) is 18.1 Å². The molecule has 1 saturated heterocycles. The summed E-state index contributed by atoms with van der Waals surface area (Å²) in [6.45, 7) is 2.37. The first kappa shape index (κ1) is 13.2. The number of rotatable bonds is 3. The molecule has 2 rings (SSSR count). The van der Waals surface area contributed by atoms with Crippen LogP contribution < -0.4 is 4.90 Å². The molecule has 0 spiro atoms. The van der Waals surface area contributed by atoms with Crippen molar-refractivity contribution >= 4 is 23.4 Å². The summed E-state index contributed by atoms with van der Waals surface area (Å²) < 4.78 is 5.08. The van der Waals surface area contributed by atoms with Crippen molar-refractivity contribution < 1.29 is 14.6 Å². The number of amides is 1. The number of carbonyl (C=O) groups excluding carboxylic acids is 1. The van der Waals surface area contributed by atoms with Gasteiger partial charge in [-0.3, -0.25) is 4.90 Å². The van der Waals surface area contributed by atoms with Crippen LogP contribution in [0.4, 0.5) is 10.5 Å². The summed E-state index contributed by atoms with van der Waals surface area (Å²) in [4.78, 5) is 13.5. The smallest absolute Gasteiger partial charge is 0.414 e. The summed E-state index contributed by atoms with van der Waals surface area (Å²) in [5.41, 5.74) is 1.71. The van der Waals surface area contributed by atoms with Gasteiger partial charge in [0.2, 0.25) is 0 Å². The third kappa shape index (κ3) is 2.60. The van der Waals surface area contributed by atoms with Crippen LogP contribution in [0.3, 0.4) is 0 Å². The Morgan fingerprint density at radius 1 is 1.56 bits per heavy atom. The predicted molar refractivity (Wildman–Crippen MR) is 70.1 cm³/mol. The molecule has 1 aliphatic rings. The Kier molecular flexibility index (Phi) is 4.09. The summed E-state index contributed by atoms with van der Waals surface area (Å²) >= 11 is 5.98. The molecule has 1 atom stereocenters. The van der Waals surface area contributed by atoms with E-state index in [0.29, 0.717) is 18.1 Å². The van der Waals surface area contributed by atoms with Gasteiger partial charge in [0.15, 0.2) is 0 Å². The largest absolute Gasteiger partial charge is 0.449 e. The highest BCUT2D eigenvalue weighted by atomic mass is 35.5. The topological polar surface area (TPSA) is 49.8 Å². The van der Waals surface area contributed by atoms with E-state index in [0.717, 1.165) is 17.7 Å².